The first-order chi connectivity index (χ1) is 11.9. The summed E-state index contributed by atoms with van der Waals surface area (Å²) in [4.78, 5) is 28.8. The number of nitrogens with zero attached hydrogens (tertiary/aromatic N) is 4. The number of carbonyl (C=O) groups is 1. The number of aromatic nitrogens is 4. The highest BCUT2D eigenvalue weighted by Crippen LogP contribution is 2.31. The Morgan fingerprint density at radius 2 is 2.16 bits per heavy atom. The summed E-state index contributed by atoms with van der Waals surface area (Å²) in [5.74, 6) is -1.72. The van der Waals surface area contributed by atoms with Crippen LogP contribution in [0.15, 0.2) is 35.5 Å². The molecule has 9 heteroatoms. The first-order valence-electron chi connectivity index (χ1n) is 7.37. The summed E-state index contributed by atoms with van der Waals surface area (Å²) in [6.45, 7) is 0. The Morgan fingerprint density at radius 3 is 2.80 bits per heavy atom. The summed E-state index contributed by atoms with van der Waals surface area (Å²) in [5.41, 5.74) is 0.309. The summed E-state index contributed by atoms with van der Waals surface area (Å²) in [6.07, 6.45) is 4.46. The van der Waals surface area contributed by atoms with Gasteiger partial charge in [-0.3, -0.25) is 18.7 Å². The van der Waals surface area contributed by atoms with Crippen molar-refractivity contribution in [2.24, 2.45) is 7.05 Å². The zero-order chi connectivity index (χ0) is 18.1. The third-order valence-corrected chi connectivity index (χ3v) is 4.10. The molecule has 0 saturated heterocycles. The van der Waals surface area contributed by atoms with Crippen LogP contribution in [0, 0.1) is 0 Å². The fourth-order valence-corrected chi connectivity index (χ4v) is 2.84. The van der Waals surface area contributed by atoms with Gasteiger partial charge in [0, 0.05) is 25.4 Å². The van der Waals surface area contributed by atoms with Crippen LogP contribution in [0.25, 0.3) is 5.65 Å². The predicted octanol–water partition coefficient (Wildman–Crippen LogP) is 1.48. The van der Waals surface area contributed by atoms with Crippen LogP contribution in [0.2, 0.25) is 5.02 Å². The van der Waals surface area contributed by atoms with Gasteiger partial charge in [-0.2, -0.15) is 10.1 Å². The second-order valence-electron chi connectivity index (χ2n) is 5.51. The molecule has 0 aromatic carbocycles. The van der Waals surface area contributed by atoms with Crippen molar-refractivity contribution in [1.29, 1.82) is 0 Å². The molecule has 3 aromatic rings. The van der Waals surface area contributed by atoms with E-state index in [9.17, 15) is 14.7 Å². The SMILES string of the molecule is COC(=O)C[C@@H](c1cnn(C)c1)c1c(O)nc2ccc(Cl)cn2c1=O. The first kappa shape index (κ1) is 17.0. The van der Waals surface area contributed by atoms with Gasteiger partial charge in [-0.05, 0) is 17.7 Å². The van der Waals surface area contributed by atoms with E-state index in [0.717, 1.165) is 0 Å². The number of hydrogen-bond acceptors (Lipinski definition) is 6. The zero-order valence-electron chi connectivity index (χ0n) is 13.5. The van der Waals surface area contributed by atoms with Crippen LogP contribution in [0.1, 0.15) is 23.5 Å². The van der Waals surface area contributed by atoms with Crippen molar-refractivity contribution in [1.82, 2.24) is 19.2 Å². The minimum atomic E-state index is -0.753. The maximum atomic E-state index is 12.9. The number of hydrogen-bond donors (Lipinski definition) is 1. The average molecular weight is 363 g/mol. The molecule has 1 atom stereocenters. The van der Waals surface area contributed by atoms with Crippen molar-refractivity contribution >= 4 is 23.2 Å². The van der Waals surface area contributed by atoms with Crippen molar-refractivity contribution in [3.05, 3.63) is 57.2 Å². The van der Waals surface area contributed by atoms with Gasteiger partial charge in [0.1, 0.15) is 5.65 Å². The van der Waals surface area contributed by atoms with Gasteiger partial charge < -0.3 is 9.84 Å². The number of pyridine rings is 1. The Bertz CT molecular complexity index is 1010. The van der Waals surface area contributed by atoms with E-state index in [1.165, 1.54) is 30.0 Å². The largest absolute Gasteiger partial charge is 0.493 e. The molecular formula is C16H15ClN4O4. The van der Waals surface area contributed by atoms with Crippen LogP contribution in [0.5, 0.6) is 5.88 Å². The summed E-state index contributed by atoms with van der Waals surface area (Å²) in [6, 6.07) is 3.09. The third kappa shape index (κ3) is 3.20. The van der Waals surface area contributed by atoms with Gasteiger partial charge in [-0.25, -0.2) is 0 Å². The van der Waals surface area contributed by atoms with E-state index in [-0.39, 0.29) is 17.6 Å². The van der Waals surface area contributed by atoms with Gasteiger partial charge in [0.2, 0.25) is 5.88 Å². The average Bonchev–Trinajstić information content (AvgIpc) is 3.00. The van der Waals surface area contributed by atoms with Crippen molar-refractivity contribution < 1.29 is 14.6 Å². The van der Waals surface area contributed by atoms with Crippen LogP contribution in [0.4, 0.5) is 0 Å². The molecule has 25 heavy (non-hydrogen) atoms. The fourth-order valence-electron chi connectivity index (χ4n) is 2.68. The third-order valence-electron chi connectivity index (χ3n) is 3.88. The van der Waals surface area contributed by atoms with E-state index in [1.54, 1.807) is 24.0 Å². The molecule has 0 unspecified atom stereocenters. The molecule has 0 spiro atoms. The molecule has 0 radical (unpaired) electrons. The minimum absolute atomic E-state index is 0.0156. The number of methoxy groups -OCH3 is 1. The van der Waals surface area contributed by atoms with Crippen molar-refractivity contribution in [3.63, 3.8) is 0 Å². The number of carbonyl (C=O) groups excluding carboxylic acids is 1. The van der Waals surface area contributed by atoms with Crippen LogP contribution in [-0.2, 0) is 16.6 Å². The first-order valence-corrected chi connectivity index (χ1v) is 7.74. The van der Waals surface area contributed by atoms with Gasteiger partial charge in [-0.15, -0.1) is 0 Å². The van der Waals surface area contributed by atoms with Crippen molar-refractivity contribution in [2.75, 3.05) is 7.11 Å². The molecular weight excluding hydrogens is 348 g/mol. The number of ether oxygens (including phenoxy) is 1. The number of rotatable bonds is 4. The molecule has 3 aromatic heterocycles. The molecule has 0 aliphatic carbocycles. The van der Waals surface area contributed by atoms with Gasteiger partial charge in [0.05, 0.1) is 30.3 Å². The Balaban J connectivity index is 2.24. The number of aryl methyl sites for hydroxylation is 1. The number of halogens is 1. The lowest BCUT2D eigenvalue weighted by molar-refractivity contribution is -0.140. The summed E-state index contributed by atoms with van der Waals surface area (Å²) < 4.78 is 7.49. The number of fused-ring (bicyclic) bond motifs is 1. The lowest BCUT2D eigenvalue weighted by Crippen LogP contribution is -2.24. The van der Waals surface area contributed by atoms with Gasteiger partial charge in [-0.1, -0.05) is 11.6 Å². The molecule has 0 aliphatic heterocycles. The maximum Gasteiger partial charge on any atom is 0.306 e. The van der Waals surface area contributed by atoms with Gasteiger partial charge >= 0.3 is 5.97 Å². The van der Waals surface area contributed by atoms with E-state index < -0.39 is 23.3 Å². The number of esters is 1. The molecule has 0 saturated carbocycles. The standard InChI is InChI=1S/C16H15ClN4O4/c1-20-7-9(6-18-20)11(5-13(22)25-2)14-15(23)19-12-4-3-10(17)8-21(12)16(14)24/h3-4,6-8,11,23H,5H2,1-2H3/t11-/m0/s1. The Labute approximate surface area is 147 Å². The summed E-state index contributed by atoms with van der Waals surface area (Å²) >= 11 is 5.95. The predicted molar refractivity (Wildman–Crippen MR) is 89.8 cm³/mol. The lowest BCUT2D eigenvalue weighted by atomic mass is 9.91. The minimum Gasteiger partial charge on any atom is -0.493 e. The van der Waals surface area contributed by atoms with Gasteiger partial charge in [0.15, 0.2) is 0 Å². The number of aromatic hydroxyl groups is 1. The highest BCUT2D eigenvalue weighted by Gasteiger charge is 2.27. The smallest absolute Gasteiger partial charge is 0.306 e. The molecule has 3 heterocycles. The molecule has 0 aliphatic rings. The van der Waals surface area contributed by atoms with E-state index in [1.807, 2.05) is 0 Å². The van der Waals surface area contributed by atoms with E-state index in [4.69, 9.17) is 16.3 Å². The second kappa shape index (κ2) is 6.56. The normalized spacial score (nSPS) is 12.3. The van der Waals surface area contributed by atoms with Crippen LogP contribution in [-0.4, -0.2) is 37.4 Å². The van der Waals surface area contributed by atoms with E-state index in [2.05, 4.69) is 10.1 Å². The Kier molecular flexibility index (Phi) is 4.45. The zero-order valence-corrected chi connectivity index (χ0v) is 14.3. The summed E-state index contributed by atoms with van der Waals surface area (Å²) in [5, 5.41) is 14.8. The highest BCUT2D eigenvalue weighted by atomic mass is 35.5. The van der Waals surface area contributed by atoms with E-state index >= 15 is 0 Å². The maximum absolute atomic E-state index is 12.9. The van der Waals surface area contributed by atoms with Crippen LogP contribution in [0.3, 0.4) is 0 Å². The molecule has 130 valence electrons. The van der Waals surface area contributed by atoms with Gasteiger partial charge in [0.25, 0.3) is 5.56 Å². The topological polar surface area (TPSA) is 98.7 Å². The van der Waals surface area contributed by atoms with E-state index in [0.29, 0.717) is 10.6 Å². The highest BCUT2D eigenvalue weighted by molar-refractivity contribution is 6.30. The van der Waals surface area contributed by atoms with Crippen molar-refractivity contribution in [3.8, 4) is 5.88 Å². The Morgan fingerprint density at radius 1 is 1.40 bits per heavy atom. The summed E-state index contributed by atoms with van der Waals surface area (Å²) in [7, 11) is 2.97. The monoisotopic (exact) mass is 362 g/mol. The van der Waals surface area contributed by atoms with Crippen molar-refractivity contribution in [2.45, 2.75) is 12.3 Å². The van der Waals surface area contributed by atoms with Crippen LogP contribution >= 0.6 is 11.6 Å². The fraction of sp³-hybridized carbons (Fsp3) is 0.250. The molecule has 8 nitrogen and oxygen atoms in total. The molecule has 0 bridgehead atoms. The molecule has 3 rings (SSSR count). The molecule has 0 amide bonds. The lowest BCUT2D eigenvalue weighted by Gasteiger charge is -2.16. The quantitative estimate of drug-likeness (QED) is 0.706. The molecule has 0 fully saturated rings. The Hall–Kier alpha value is -2.87. The second-order valence-corrected chi connectivity index (χ2v) is 5.95. The van der Waals surface area contributed by atoms with Crippen LogP contribution < -0.4 is 5.56 Å². The molecule has 1 N–H and O–H groups in total.